The summed E-state index contributed by atoms with van der Waals surface area (Å²) in [6.07, 6.45) is -17.3. The van der Waals surface area contributed by atoms with Crippen molar-refractivity contribution in [1.29, 1.82) is 0 Å². The Labute approximate surface area is 177 Å². The minimum atomic E-state index is -5.78. The third kappa shape index (κ3) is 6.97. The van der Waals surface area contributed by atoms with Crippen molar-refractivity contribution in [1.82, 2.24) is 10.2 Å². The number of carbonyl (C=O) groups is 2. The topological polar surface area (TPSA) is 79.9 Å². The maximum absolute atomic E-state index is 12.5. The fourth-order valence-corrected chi connectivity index (χ4v) is 2.99. The van der Waals surface area contributed by atoms with Gasteiger partial charge in [-0.25, -0.2) is 9.59 Å². The zero-order valence-corrected chi connectivity index (χ0v) is 16.7. The number of urea groups is 1. The number of hydrogen-bond acceptors (Lipinski definition) is 4. The van der Waals surface area contributed by atoms with Gasteiger partial charge in [-0.15, -0.1) is 0 Å². The maximum atomic E-state index is 12.5. The Bertz CT molecular complexity index is 783. The van der Waals surface area contributed by atoms with Gasteiger partial charge in [-0.3, -0.25) is 0 Å². The number of rotatable bonds is 4. The van der Waals surface area contributed by atoms with Crippen LogP contribution >= 0.6 is 11.6 Å². The molecule has 1 fully saturated rings. The SMILES string of the molecule is COc1ccc(Cl)cc1NC(=O)NC1CCN(C(=O)OC(C(F)(F)F)C(F)(F)F)CC1. The number of ether oxygens (including phenoxy) is 2. The summed E-state index contributed by atoms with van der Waals surface area (Å²) in [5, 5.41) is 5.47. The Balaban J connectivity index is 1.87. The second-order valence-electron chi connectivity index (χ2n) is 6.55. The van der Waals surface area contributed by atoms with Gasteiger partial charge in [-0.2, -0.15) is 26.3 Å². The van der Waals surface area contributed by atoms with Crippen molar-refractivity contribution in [3.05, 3.63) is 23.2 Å². The fourth-order valence-electron chi connectivity index (χ4n) is 2.82. The number of benzene rings is 1. The summed E-state index contributed by atoms with van der Waals surface area (Å²) in [6, 6.07) is 3.44. The molecule has 0 aromatic heterocycles. The smallest absolute Gasteiger partial charge is 0.434 e. The Morgan fingerprint density at radius 1 is 1.13 bits per heavy atom. The van der Waals surface area contributed by atoms with Gasteiger partial charge >= 0.3 is 24.5 Å². The lowest BCUT2D eigenvalue weighted by Gasteiger charge is -2.33. The first kappa shape index (κ1) is 24.7. The van der Waals surface area contributed by atoms with Crippen LogP contribution in [0.3, 0.4) is 0 Å². The molecule has 1 aromatic carbocycles. The van der Waals surface area contributed by atoms with Gasteiger partial charge in [0, 0.05) is 24.2 Å². The van der Waals surface area contributed by atoms with E-state index in [1.54, 1.807) is 6.07 Å². The highest BCUT2D eigenvalue weighted by molar-refractivity contribution is 6.31. The Kier molecular flexibility index (Phi) is 7.73. The van der Waals surface area contributed by atoms with Crippen molar-refractivity contribution in [3.63, 3.8) is 0 Å². The highest BCUT2D eigenvalue weighted by Crippen LogP contribution is 2.36. The van der Waals surface area contributed by atoms with Gasteiger partial charge in [0.05, 0.1) is 12.8 Å². The minimum absolute atomic E-state index is 0.0951. The molecule has 0 radical (unpaired) electrons. The number of halogens is 7. The number of likely N-dealkylation sites (tertiary alicyclic amines) is 1. The quantitative estimate of drug-likeness (QED) is 0.623. The van der Waals surface area contributed by atoms with Gasteiger partial charge in [-0.05, 0) is 31.0 Å². The van der Waals surface area contributed by atoms with Crippen LogP contribution < -0.4 is 15.4 Å². The number of anilines is 1. The van der Waals surface area contributed by atoms with E-state index in [2.05, 4.69) is 15.4 Å². The highest BCUT2D eigenvalue weighted by atomic mass is 35.5. The molecule has 7 nitrogen and oxygen atoms in total. The van der Waals surface area contributed by atoms with E-state index in [4.69, 9.17) is 16.3 Å². The molecule has 2 rings (SSSR count). The molecule has 1 heterocycles. The summed E-state index contributed by atoms with van der Waals surface area (Å²) in [5.41, 5.74) is 0.291. The van der Waals surface area contributed by atoms with Crippen molar-refractivity contribution in [2.75, 3.05) is 25.5 Å². The van der Waals surface area contributed by atoms with Crippen LogP contribution in [0.1, 0.15) is 12.8 Å². The molecule has 2 N–H and O–H groups in total. The lowest BCUT2D eigenvalue weighted by molar-refractivity contribution is -0.308. The molecular weight excluding hydrogens is 460 g/mol. The zero-order valence-electron chi connectivity index (χ0n) is 15.9. The Morgan fingerprint density at radius 3 is 2.23 bits per heavy atom. The Hall–Kier alpha value is -2.57. The normalized spacial score (nSPS) is 15.6. The first-order chi connectivity index (χ1) is 14.3. The van der Waals surface area contributed by atoms with Crippen LogP contribution in [-0.2, 0) is 4.74 Å². The van der Waals surface area contributed by atoms with Gasteiger partial charge in [0.2, 0.25) is 0 Å². The molecule has 0 spiro atoms. The summed E-state index contributed by atoms with van der Waals surface area (Å²) >= 11 is 5.87. The van der Waals surface area contributed by atoms with Crippen LogP contribution in [0.25, 0.3) is 0 Å². The number of nitrogens with one attached hydrogen (secondary N) is 2. The number of methoxy groups -OCH3 is 1. The van der Waals surface area contributed by atoms with Gasteiger partial charge in [-0.1, -0.05) is 11.6 Å². The van der Waals surface area contributed by atoms with Crippen LogP contribution in [0.2, 0.25) is 5.02 Å². The van der Waals surface area contributed by atoms with Crippen LogP contribution in [0.4, 0.5) is 41.6 Å². The van der Waals surface area contributed by atoms with Gasteiger partial charge < -0.3 is 25.0 Å². The van der Waals surface area contributed by atoms with Crippen molar-refractivity contribution in [3.8, 4) is 5.75 Å². The van der Waals surface area contributed by atoms with E-state index in [1.807, 2.05) is 0 Å². The molecule has 14 heteroatoms. The second-order valence-corrected chi connectivity index (χ2v) is 6.99. The van der Waals surface area contributed by atoms with Crippen LogP contribution in [0.15, 0.2) is 18.2 Å². The molecule has 3 amide bonds. The summed E-state index contributed by atoms with van der Waals surface area (Å²) < 4.78 is 83.9. The van der Waals surface area contributed by atoms with Crippen LogP contribution in [0, 0.1) is 0 Å². The monoisotopic (exact) mass is 477 g/mol. The molecule has 1 saturated heterocycles. The molecule has 0 unspecified atom stereocenters. The first-order valence-electron chi connectivity index (χ1n) is 8.81. The average molecular weight is 478 g/mol. The summed E-state index contributed by atoms with van der Waals surface area (Å²) in [4.78, 5) is 24.6. The zero-order chi connectivity index (χ0) is 23.4. The average Bonchev–Trinajstić information content (AvgIpc) is 2.64. The van der Waals surface area contributed by atoms with E-state index in [9.17, 15) is 35.9 Å². The number of nitrogens with zero attached hydrogens (tertiary/aromatic N) is 1. The number of hydrogen-bond donors (Lipinski definition) is 2. The third-order valence-electron chi connectivity index (χ3n) is 4.31. The molecule has 1 aromatic rings. The van der Waals surface area contributed by atoms with Crippen molar-refractivity contribution >= 4 is 29.4 Å². The number of amides is 3. The largest absolute Gasteiger partial charge is 0.495 e. The third-order valence-corrected chi connectivity index (χ3v) is 4.55. The molecule has 0 saturated carbocycles. The van der Waals surface area contributed by atoms with E-state index >= 15 is 0 Å². The van der Waals surface area contributed by atoms with Gasteiger partial charge in [0.15, 0.2) is 0 Å². The summed E-state index contributed by atoms with van der Waals surface area (Å²) in [5.74, 6) is 0.348. The number of alkyl halides is 6. The molecule has 31 heavy (non-hydrogen) atoms. The number of piperidine rings is 1. The molecule has 0 atom stereocenters. The van der Waals surface area contributed by atoms with E-state index in [-0.39, 0.29) is 25.9 Å². The molecule has 174 valence electrons. The van der Waals surface area contributed by atoms with Gasteiger partial charge in [0.1, 0.15) is 5.75 Å². The predicted octanol–water partition coefficient (Wildman–Crippen LogP) is 4.56. The van der Waals surface area contributed by atoms with Gasteiger partial charge in [0.25, 0.3) is 6.10 Å². The Morgan fingerprint density at radius 2 is 1.71 bits per heavy atom. The minimum Gasteiger partial charge on any atom is -0.495 e. The molecule has 0 aliphatic carbocycles. The first-order valence-corrected chi connectivity index (χ1v) is 9.19. The number of carbonyl (C=O) groups excluding carboxylic acids is 2. The van der Waals surface area contributed by atoms with Crippen LogP contribution in [0.5, 0.6) is 5.75 Å². The fraction of sp³-hybridized carbons (Fsp3) is 0.529. The maximum Gasteiger partial charge on any atom is 0.434 e. The summed E-state index contributed by atoms with van der Waals surface area (Å²) in [7, 11) is 1.39. The van der Waals surface area contributed by atoms with Crippen molar-refractivity contribution in [2.45, 2.75) is 37.3 Å². The summed E-state index contributed by atoms with van der Waals surface area (Å²) in [6.45, 7) is -0.403. The predicted molar refractivity (Wildman–Crippen MR) is 97.1 cm³/mol. The van der Waals surface area contributed by atoms with E-state index in [1.165, 1.54) is 19.2 Å². The molecular formula is C17H18ClF6N3O4. The van der Waals surface area contributed by atoms with E-state index in [0.29, 0.717) is 16.5 Å². The second kappa shape index (κ2) is 9.71. The lowest BCUT2D eigenvalue weighted by atomic mass is 10.1. The lowest BCUT2D eigenvalue weighted by Crippen LogP contribution is -2.51. The standard InChI is InChI=1S/C17H18ClF6N3O4/c1-30-12-3-2-9(18)8-11(12)26-14(28)25-10-4-6-27(7-5-10)15(29)31-13(16(19,20)21)17(22,23)24/h2-3,8,10,13H,4-7H2,1H3,(H2,25,26,28). The van der Waals surface area contributed by atoms with Crippen molar-refractivity contribution in [2.24, 2.45) is 0 Å². The molecule has 0 bridgehead atoms. The van der Waals surface area contributed by atoms with E-state index in [0.717, 1.165) is 4.90 Å². The van der Waals surface area contributed by atoms with Crippen molar-refractivity contribution < 1.29 is 45.4 Å². The molecule has 1 aliphatic rings. The van der Waals surface area contributed by atoms with Crippen LogP contribution in [-0.4, -0.2) is 61.7 Å². The highest BCUT2D eigenvalue weighted by Gasteiger charge is 2.60. The van der Waals surface area contributed by atoms with E-state index < -0.39 is 36.6 Å². The molecule has 1 aliphatic heterocycles.